The standard InChI is InChI=1S/C26H31N5O3/c1-16-15-30(11-12-31(16)24(33)10-13-34-2)26-21(27)14-20(25(29-26)17-6-7-17)18-4-3-5-22-19(18)8-9-23(32)28-22/h3-5,8-9,14,16-17H,6-7,10-13,15,27H2,1-2H3,(H,28,32)/t16-/m1/s1. The van der Waals surface area contributed by atoms with Gasteiger partial charge in [0.1, 0.15) is 0 Å². The third-order valence-electron chi connectivity index (χ3n) is 6.85. The van der Waals surface area contributed by atoms with Gasteiger partial charge in [-0.25, -0.2) is 4.98 Å². The van der Waals surface area contributed by atoms with E-state index in [-0.39, 0.29) is 17.5 Å². The normalized spacial score (nSPS) is 18.5. The van der Waals surface area contributed by atoms with Crippen LogP contribution >= 0.6 is 0 Å². The van der Waals surface area contributed by atoms with Gasteiger partial charge in [-0.1, -0.05) is 12.1 Å². The monoisotopic (exact) mass is 461 g/mol. The van der Waals surface area contributed by atoms with Gasteiger partial charge in [-0.2, -0.15) is 0 Å². The highest BCUT2D eigenvalue weighted by Gasteiger charge is 2.33. The maximum absolute atomic E-state index is 12.5. The Morgan fingerprint density at radius 3 is 2.76 bits per heavy atom. The number of nitrogens with one attached hydrogen (secondary N) is 1. The minimum Gasteiger partial charge on any atom is -0.396 e. The van der Waals surface area contributed by atoms with Crippen LogP contribution in [0.4, 0.5) is 11.5 Å². The second kappa shape index (κ2) is 9.10. The summed E-state index contributed by atoms with van der Waals surface area (Å²) in [5.41, 5.74) is 11.0. The van der Waals surface area contributed by atoms with Crippen molar-refractivity contribution in [1.29, 1.82) is 0 Å². The lowest BCUT2D eigenvalue weighted by Gasteiger charge is -2.41. The van der Waals surface area contributed by atoms with E-state index in [1.165, 1.54) is 0 Å². The molecule has 34 heavy (non-hydrogen) atoms. The summed E-state index contributed by atoms with van der Waals surface area (Å²) in [5, 5.41) is 0.981. The van der Waals surface area contributed by atoms with Crippen LogP contribution in [-0.4, -0.2) is 60.2 Å². The van der Waals surface area contributed by atoms with E-state index in [1.807, 2.05) is 29.2 Å². The zero-order valence-electron chi connectivity index (χ0n) is 19.7. The number of piperazine rings is 1. The number of rotatable bonds is 6. The largest absolute Gasteiger partial charge is 0.396 e. The lowest BCUT2D eigenvalue weighted by atomic mass is 9.96. The second-order valence-corrected chi connectivity index (χ2v) is 9.32. The van der Waals surface area contributed by atoms with E-state index >= 15 is 0 Å². The third-order valence-corrected chi connectivity index (χ3v) is 6.85. The van der Waals surface area contributed by atoms with E-state index in [4.69, 9.17) is 15.5 Å². The topological polar surface area (TPSA) is 105 Å². The number of anilines is 2. The van der Waals surface area contributed by atoms with Crippen molar-refractivity contribution in [2.45, 2.75) is 38.1 Å². The molecule has 1 aliphatic carbocycles. The summed E-state index contributed by atoms with van der Waals surface area (Å²) in [4.78, 5) is 36.5. The van der Waals surface area contributed by atoms with Gasteiger partial charge in [0.15, 0.2) is 5.82 Å². The number of benzene rings is 1. The summed E-state index contributed by atoms with van der Waals surface area (Å²) in [5.74, 6) is 1.34. The van der Waals surface area contributed by atoms with Crippen molar-refractivity contribution >= 4 is 28.3 Å². The van der Waals surface area contributed by atoms with Gasteiger partial charge in [-0.15, -0.1) is 0 Å². The molecule has 2 fully saturated rings. The number of pyridine rings is 2. The van der Waals surface area contributed by atoms with Crippen LogP contribution in [0.5, 0.6) is 0 Å². The van der Waals surface area contributed by atoms with Gasteiger partial charge < -0.3 is 25.3 Å². The predicted octanol–water partition coefficient (Wildman–Crippen LogP) is 3.12. The minimum atomic E-state index is -0.117. The number of amides is 1. The summed E-state index contributed by atoms with van der Waals surface area (Å²) >= 11 is 0. The number of aromatic amines is 1. The average Bonchev–Trinajstić information content (AvgIpc) is 3.67. The average molecular weight is 462 g/mol. The molecule has 0 radical (unpaired) electrons. The SMILES string of the molecule is COCCC(=O)N1CCN(c2nc(C3CC3)c(-c3cccc4[nH]c(=O)ccc34)cc2N)C[C@H]1C. The highest BCUT2D eigenvalue weighted by atomic mass is 16.5. The summed E-state index contributed by atoms with van der Waals surface area (Å²) in [6.45, 7) is 4.53. The van der Waals surface area contributed by atoms with Crippen molar-refractivity contribution in [1.82, 2.24) is 14.9 Å². The zero-order valence-corrected chi connectivity index (χ0v) is 19.7. The molecule has 8 heteroatoms. The van der Waals surface area contributed by atoms with Crippen molar-refractivity contribution in [3.63, 3.8) is 0 Å². The van der Waals surface area contributed by atoms with Gasteiger partial charge in [0, 0.05) is 61.2 Å². The molecule has 0 spiro atoms. The van der Waals surface area contributed by atoms with Crippen LogP contribution in [0.15, 0.2) is 41.2 Å². The first kappa shape index (κ1) is 22.4. The molecule has 1 amide bonds. The van der Waals surface area contributed by atoms with Gasteiger partial charge in [-0.05, 0) is 43.5 Å². The van der Waals surface area contributed by atoms with E-state index in [2.05, 4.69) is 22.9 Å². The Balaban J connectivity index is 1.48. The quantitative estimate of drug-likeness (QED) is 0.584. The number of carbonyl (C=O) groups excluding carboxylic acids is 1. The molecule has 1 saturated carbocycles. The zero-order chi connectivity index (χ0) is 23.8. The molecule has 2 aliphatic rings. The Labute approximate surface area is 198 Å². The van der Waals surface area contributed by atoms with Crippen LogP contribution in [0.1, 0.15) is 37.8 Å². The fourth-order valence-electron chi connectivity index (χ4n) is 4.95. The molecule has 0 unspecified atom stereocenters. The molecule has 1 aromatic carbocycles. The van der Waals surface area contributed by atoms with E-state index in [0.717, 1.165) is 46.4 Å². The fourth-order valence-corrected chi connectivity index (χ4v) is 4.95. The van der Waals surface area contributed by atoms with Gasteiger partial charge >= 0.3 is 0 Å². The highest BCUT2D eigenvalue weighted by molar-refractivity contribution is 5.96. The molecule has 3 heterocycles. The van der Waals surface area contributed by atoms with Crippen molar-refractivity contribution in [2.75, 3.05) is 44.0 Å². The maximum Gasteiger partial charge on any atom is 0.248 e. The van der Waals surface area contributed by atoms with E-state index in [9.17, 15) is 9.59 Å². The Kier molecular flexibility index (Phi) is 6.00. The van der Waals surface area contributed by atoms with Crippen LogP contribution in [0.2, 0.25) is 0 Å². The molecule has 2 aromatic heterocycles. The smallest absolute Gasteiger partial charge is 0.248 e. The van der Waals surface area contributed by atoms with E-state index in [0.29, 0.717) is 44.3 Å². The number of nitrogens with zero attached hydrogens (tertiary/aromatic N) is 3. The van der Waals surface area contributed by atoms with Gasteiger partial charge in [0.05, 0.1) is 24.4 Å². The number of aromatic nitrogens is 2. The molecule has 1 atom stereocenters. The van der Waals surface area contributed by atoms with Gasteiger partial charge in [0.25, 0.3) is 0 Å². The van der Waals surface area contributed by atoms with Gasteiger partial charge in [0.2, 0.25) is 11.5 Å². The number of nitrogens with two attached hydrogens (primary N) is 1. The molecule has 1 aliphatic heterocycles. The third kappa shape index (κ3) is 4.25. The van der Waals surface area contributed by atoms with Crippen molar-refractivity contribution in [3.05, 3.63) is 52.4 Å². The Bertz CT molecular complexity index is 1280. The van der Waals surface area contributed by atoms with Crippen molar-refractivity contribution in [3.8, 4) is 11.1 Å². The first-order valence-corrected chi connectivity index (χ1v) is 11.9. The van der Waals surface area contributed by atoms with Crippen LogP contribution in [0, 0.1) is 0 Å². The summed E-state index contributed by atoms with van der Waals surface area (Å²) < 4.78 is 5.06. The Hall–Kier alpha value is -3.39. The molecule has 5 rings (SSSR count). The number of ether oxygens (including phenoxy) is 1. The van der Waals surface area contributed by atoms with Crippen LogP contribution in [0.3, 0.4) is 0 Å². The number of hydrogen-bond acceptors (Lipinski definition) is 6. The van der Waals surface area contributed by atoms with Crippen molar-refractivity contribution in [2.24, 2.45) is 0 Å². The fraction of sp³-hybridized carbons (Fsp3) is 0.423. The molecule has 178 valence electrons. The van der Waals surface area contributed by atoms with Gasteiger partial charge in [-0.3, -0.25) is 9.59 Å². The summed E-state index contributed by atoms with van der Waals surface area (Å²) in [6, 6.07) is 11.5. The number of methoxy groups -OCH3 is 1. The number of fused-ring (bicyclic) bond motifs is 1. The van der Waals surface area contributed by atoms with E-state index < -0.39 is 0 Å². The van der Waals surface area contributed by atoms with Crippen LogP contribution < -0.4 is 16.2 Å². The van der Waals surface area contributed by atoms with E-state index in [1.54, 1.807) is 13.2 Å². The minimum absolute atomic E-state index is 0.0678. The lowest BCUT2D eigenvalue weighted by Crippen LogP contribution is -2.54. The highest BCUT2D eigenvalue weighted by Crippen LogP contribution is 2.46. The molecule has 0 bridgehead atoms. The Morgan fingerprint density at radius 2 is 2.03 bits per heavy atom. The molecular weight excluding hydrogens is 430 g/mol. The number of nitrogen functional groups attached to an aromatic ring is 1. The molecular formula is C26H31N5O3. The summed E-state index contributed by atoms with van der Waals surface area (Å²) in [6.07, 6.45) is 2.63. The molecule has 1 saturated heterocycles. The summed E-state index contributed by atoms with van der Waals surface area (Å²) in [7, 11) is 1.61. The van der Waals surface area contributed by atoms with Crippen molar-refractivity contribution < 1.29 is 9.53 Å². The van der Waals surface area contributed by atoms with Crippen LogP contribution in [0.25, 0.3) is 22.0 Å². The number of H-pyrrole nitrogens is 1. The number of hydrogen-bond donors (Lipinski definition) is 2. The predicted molar refractivity (Wildman–Crippen MR) is 134 cm³/mol. The first-order valence-electron chi connectivity index (χ1n) is 11.9. The lowest BCUT2D eigenvalue weighted by molar-refractivity contribution is -0.134. The number of carbonyl (C=O) groups is 1. The molecule has 8 nitrogen and oxygen atoms in total. The maximum atomic E-state index is 12.5. The first-order chi connectivity index (χ1) is 16.5. The Morgan fingerprint density at radius 1 is 1.21 bits per heavy atom. The molecule has 3 N–H and O–H groups in total. The molecule has 3 aromatic rings. The van der Waals surface area contributed by atoms with Crippen LogP contribution in [-0.2, 0) is 9.53 Å². The second-order valence-electron chi connectivity index (χ2n) is 9.32.